The van der Waals surface area contributed by atoms with Crippen LogP contribution in [0.2, 0.25) is 0 Å². The number of alkyl halides is 2. The fourth-order valence-corrected chi connectivity index (χ4v) is 3.30. The van der Waals surface area contributed by atoms with E-state index >= 15 is 0 Å². The highest BCUT2D eigenvalue weighted by Crippen LogP contribution is 2.42. The molecule has 1 amide bonds. The van der Waals surface area contributed by atoms with E-state index in [-0.39, 0.29) is 28.4 Å². The van der Waals surface area contributed by atoms with Gasteiger partial charge >= 0.3 is 0 Å². The number of hydrogen-bond donors (Lipinski definition) is 1. The van der Waals surface area contributed by atoms with Crippen molar-refractivity contribution < 1.29 is 26.8 Å². The zero-order chi connectivity index (χ0) is 21.6. The predicted molar refractivity (Wildman–Crippen MR) is 96.2 cm³/mol. The number of rotatable bonds is 4. The van der Waals surface area contributed by atoms with E-state index < -0.39 is 35.2 Å². The number of guanidine groups is 1. The first-order valence-electron chi connectivity index (χ1n) is 8.52. The fraction of sp³-hybridized carbons (Fsp3) is 0.158. The van der Waals surface area contributed by atoms with Gasteiger partial charge in [-0.2, -0.15) is 0 Å². The molecule has 0 saturated carbocycles. The molecular formula is C19H13F4N5O2. The minimum absolute atomic E-state index is 0.0281. The molecule has 3 aromatic rings. The van der Waals surface area contributed by atoms with Crippen molar-refractivity contribution in [3.8, 4) is 11.3 Å². The van der Waals surface area contributed by atoms with Crippen molar-refractivity contribution in [2.24, 2.45) is 10.7 Å². The maximum Gasteiger partial charge on any atom is 0.280 e. The lowest BCUT2D eigenvalue weighted by Gasteiger charge is -2.27. The van der Waals surface area contributed by atoms with Gasteiger partial charge in [-0.15, -0.1) is 0 Å². The summed E-state index contributed by atoms with van der Waals surface area (Å²) in [5.41, 5.74) is 2.71. The molecule has 2 aromatic heterocycles. The molecule has 3 heterocycles. The molecule has 4 rings (SSSR count). The Kier molecular flexibility index (Phi) is 4.52. The molecule has 7 nitrogen and oxygen atoms in total. The summed E-state index contributed by atoms with van der Waals surface area (Å²) in [6, 6.07) is 4.18. The minimum atomic E-state index is -2.92. The Morgan fingerprint density at radius 2 is 1.97 bits per heavy atom. The smallest absolute Gasteiger partial charge is 0.280 e. The van der Waals surface area contributed by atoms with Gasteiger partial charge in [0.1, 0.15) is 5.69 Å². The van der Waals surface area contributed by atoms with Crippen molar-refractivity contribution in [2.45, 2.75) is 12.0 Å². The number of aromatic nitrogens is 2. The fourth-order valence-electron chi connectivity index (χ4n) is 3.30. The molecule has 0 fully saturated rings. The van der Waals surface area contributed by atoms with E-state index in [0.29, 0.717) is 0 Å². The van der Waals surface area contributed by atoms with Crippen LogP contribution in [0.15, 0.2) is 52.5 Å². The van der Waals surface area contributed by atoms with Crippen LogP contribution in [0.1, 0.15) is 23.2 Å². The SMILES string of the molecule is CN1C(=O)C(c2ccnc(C(F)F)c2)(c2cc(F)c(F)c(-c3cnco3)c2)N=C1N. The Labute approximate surface area is 166 Å². The number of nitrogens with zero attached hydrogens (tertiary/aromatic N) is 4. The van der Waals surface area contributed by atoms with Crippen LogP contribution in [-0.2, 0) is 10.3 Å². The number of carbonyl (C=O) groups is 1. The Morgan fingerprint density at radius 3 is 2.57 bits per heavy atom. The third-order valence-electron chi connectivity index (χ3n) is 4.81. The number of benzene rings is 1. The van der Waals surface area contributed by atoms with Gasteiger partial charge in [0.2, 0.25) is 0 Å². The summed E-state index contributed by atoms with van der Waals surface area (Å²) >= 11 is 0. The number of hydrogen-bond acceptors (Lipinski definition) is 6. The highest BCUT2D eigenvalue weighted by molar-refractivity contribution is 6.09. The normalized spacial score (nSPS) is 18.9. The van der Waals surface area contributed by atoms with E-state index in [9.17, 15) is 22.4 Å². The van der Waals surface area contributed by atoms with Gasteiger partial charge in [-0.1, -0.05) is 0 Å². The molecule has 2 N–H and O–H groups in total. The van der Waals surface area contributed by atoms with Gasteiger partial charge in [-0.05, 0) is 35.4 Å². The lowest BCUT2D eigenvalue weighted by molar-refractivity contribution is -0.129. The van der Waals surface area contributed by atoms with Crippen LogP contribution in [0, 0.1) is 11.6 Å². The maximum atomic E-state index is 14.5. The van der Waals surface area contributed by atoms with Gasteiger partial charge in [0, 0.05) is 13.2 Å². The van der Waals surface area contributed by atoms with Crippen molar-refractivity contribution in [1.82, 2.24) is 14.9 Å². The number of nitrogens with two attached hydrogens (primary N) is 1. The average Bonchev–Trinajstić information content (AvgIpc) is 3.34. The summed E-state index contributed by atoms with van der Waals surface area (Å²) in [4.78, 5) is 25.6. The Hall–Kier alpha value is -3.76. The molecule has 0 spiro atoms. The van der Waals surface area contributed by atoms with E-state index in [1.54, 1.807) is 0 Å². The minimum Gasteiger partial charge on any atom is -0.443 e. The van der Waals surface area contributed by atoms with Crippen LogP contribution < -0.4 is 5.73 Å². The zero-order valence-corrected chi connectivity index (χ0v) is 15.3. The van der Waals surface area contributed by atoms with Gasteiger partial charge in [0.15, 0.2) is 35.3 Å². The summed E-state index contributed by atoms with van der Waals surface area (Å²) in [5.74, 6) is -3.58. The standard InChI is InChI=1S/C19H13F4N5O2/c1-28-17(29)19(27-18(28)24,9-2-3-26-13(6-9)16(22)23)10-4-11(14-7-25-8-30-14)15(21)12(20)5-10/h2-8,16H,1H3,(H2,24,27). The molecule has 1 unspecified atom stereocenters. The number of aliphatic imine (C=N–C) groups is 1. The molecule has 0 aliphatic carbocycles. The second-order valence-corrected chi connectivity index (χ2v) is 6.50. The highest BCUT2D eigenvalue weighted by Gasteiger charge is 2.50. The average molecular weight is 419 g/mol. The van der Waals surface area contributed by atoms with Gasteiger partial charge in [0.05, 0.1) is 11.8 Å². The molecule has 0 bridgehead atoms. The first-order chi connectivity index (χ1) is 14.3. The zero-order valence-electron chi connectivity index (χ0n) is 15.3. The van der Waals surface area contributed by atoms with E-state index in [0.717, 1.165) is 41.9 Å². The van der Waals surface area contributed by atoms with Crippen LogP contribution in [0.25, 0.3) is 11.3 Å². The molecule has 30 heavy (non-hydrogen) atoms. The van der Waals surface area contributed by atoms with Crippen molar-refractivity contribution in [1.29, 1.82) is 0 Å². The van der Waals surface area contributed by atoms with Gasteiger partial charge in [-0.25, -0.2) is 27.5 Å². The molecule has 154 valence electrons. The van der Waals surface area contributed by atoms with Crippen molar-refractivity contribution >= 4 is 11.9 Å². The summed E-state index contributed by atoms with van der Waals surface area (Å²) in [6.45, 7) is 0. The molecule has 1 aromatic carbocycles. The Bertz CT molecular complexity index is 1170. The molecule has 1 aliphatic heterocycles. The highest BCUT2D eigenvalue weighted by atomic mass is 19.3. The number of amides is 1. The third kappa shape index (κ3) is 2.81. The van der Waals surface area contributed by atoms with Gasteiger partial charge in [0.25, 0.3) is 12.3 Å². The monoisotopic (exact) mass is 419 g/mol. The van der Waals surface area contributed by atoms with Gasteiger partial charge < -0.3 is 10.2 Å². The van der Waals surface area contributed by atoms with E-state index in [1.165, 1.54) is 13.1 Å². The Morgan fingerprint density at radius 1 is 1.20 bits per heavy atom. The first-order valence-corrected chi connectivity index (χ1v) is 8.52. The first kappa shape index (κ1) is 19.6. The van der Waals surface area contributed by atoms with Crippen LogP contribution in [-0.4, -0.2) is 33.8 Å². The van der Waals surface area contributed by atoms with Crippen molar-refractivity contribution in [3.63, 3.8) is 0 Å². The molecule has 0 radical (unpaired) electrons. The number of pyridine rings is 1. The Balaban J connectivity index is 2.02. The predicted octanol–water partition coefficient (Wildman–Crippen LogP) is 2.98. The lowest BCUT2D eigenvalue weighted by Crippen LogP contribution is -2.41. The molecule has 1 atom stereocenters. The number of oxazole rings is 1. The second kappa shape index (κ2) is 6.94. The van der Waals surface area contributed by atoms with Crippen LogP contribution in [0.4, 0.5) is 17.6 Å². The van der Waals surface area contributed by atoms with Crippen molar-refractivity contribution in [2.75, 3.05) is 7.05 Å². The quantitative estimate of drug-likeness (QED) is 0.656. The van der Waals surface area contributed by atoms with E-state index in [1.807, 2.05) is 0 Å². The molecule has 11 heteroatoms. The summed E-state index contributed by atoms with van der Waals surface area (Å²) in [6.07, 6.45) is 0.341. The van der Waals surface area contributed by atoms with Gasteiger partial charge in [-0.3, -0.25) is 14.7 Å². The third-order valence-corrected chi connectivity index (χ3v) is 4.81. The molecular weight excluding hydrogens is 406 g/mol. The van der Waals surface area contributed by atoms with Crippen LogP contribution in [0.5, 0.6) is 0 Å². The number of likely N-dealkylation sites (N-methyl/N-ethyl adjacent to an activating group) is 1. The van der Waals surface area contributed by atoms with Crippen LogP contribution >= 0.6 is 0 Å². The number of halogens is 4. The number of carbonyl (C=O) groups excluding carboxylic acids is 1. The summed E-state index contributed by atoms with van der Waals surface area (Å²) in [5, 5.41) is 0. The summed E-state index contributed by atoms with van der Waals surface area (Å²) < 4.78 is 60.5. The lowest BCUT2D eigenvalue weighted by atomic mass is 9.82. The van der Waals surface area contributed by atoms with Crippen LogP contribution in [0.3, 0.4) is 0 Å². The van der Waals surface area contributed by atoms with E-state index in [4.69, 9.17) is 10.2 Å². The van der Waals surface area contributed by atoms with E-state index in [2.05, 4.69) is 15.0 Å². The largest absolute Gasteiger partial charge is 0.443 e. The topological polar surface area (TPSA) is 97.6 Å². The second-order valence-electron chi connectivity index (χ2n) is 6.50. The molecule has 1 aliphatic rings. The van der Waals surface area contributed by atoms with Crippen molar-refractivity contribution in [3.05, 3.63) is 71.5 Å². The maximum absolute atomic E-state index is 14.5. The summed E-state index contributed by atoms with van der Waals surface area (Å²) in [7, 11) is 1.33. The molecule has 0 saturated heterocycles.